The highest BCUT2D eigenvalue weighted by Crippen LogP contribution is 2.46. The third kappa shape index (κ3) is 4.16. The maximum atomic E-state index is 7.57. The third-order valence-corrected chi connectivity index (χ3v) is 12.8. The Morgan fingerprint density at radius 2 is 1.64 bits per heavy atom. The van der Waals surface area contributed by atoms with Gasteiger partial charge in [0.15, 0.2) is 0 Å². The number of aromatic nitrogens is 1. The van der Waals surface area contributed by atoms with Gasteiger partial charge in [0.25, 0.3) is 0 Å². The van der Waals surface area contributed by atoms with E-state index in [9.17, 15) is 0 Å². The van der Waals surface area contributed by atoms with Crippen molar-refractivity contribution < 1.29 is 4.43 Å². The van der Waals surface area contributed by atoms with E-state index in [-0.39, 0.29) is 11.1 Å². The zero-order valence-electron chi connectivity index (χ0n) is 19.9. The van der Waals surface area contributed by atoms with Crippen LogP contribution in [-0.2, 0) is 17.3 Å². The van der Waals surface area contributed by atoms with Gasteiger partial charge in [-0.05, 0) is 63.1 Å². The van der Waals surface area contributed by atoms with E-state index in [1.807, 2.05) is 12.3 Å². The largest absolute Gasteiger partial charge is 0.405 e. The molecule has 168 valence electrons. The lowest BCUT2D eigenvalue weighted by molar-refractivity contribution is 0.183. The smallest absolute Gasteiger partial charge is 0.230 e. The van der Waals surface area contributed by atoms with Crippen LogP contribution in [0.5, 0.6) is 0 Å². The number of rotatable bonds is 5. The first-order chi connectivity index (χ1) is 16.0. The van der Waals surface area contributed by atoms with Crippen LogP contribution in [0.15, 0.2) is 91.1 Å². The molecular formula is C30H33NOSi. The molecule has 1 aromatic heterocycles. The van der Waals surface area contributed by atoms with Gasteiger partial charge in [-0.2, -0.15) is 0 Å². The van der Waals surface area contributed by atoms with E-state index >= 15 is 0 Å². The number of hydrogen-bond donors (Lipinski definition) is 0. The fraction of sp³-hybridized carbons (Fsp3) is 0.300. The van der Waals surface area contributed by atoms with Crippen LogP contribution in [0.2, 0.25) is 11.1 Å². The molecule has 0 spiro atoms. The first kappa shape index (κ1) is 22.1. The van der Waals surface area contributed by atoms with Crippen molar-refractivity contribution in [3.63, 3.8) is 0 Å². The molecule has 33 heavy (non-hydrogen) atoms. The fourth-order valence-electron chi connectivity index (χ4n) is 5.57. The number of benzene rings is 3. The highest BCUT2D eigenvalue weighted by Gasteiger charge is 2.51. The van der Waals surface area contributed by atoms with Gasteiger partial charge in [-0.25, -0.2) is 0 Å². The van der Waals surface area contributed by atoms with Crippen LogP contribution in [0.3, 0.4) is 0 Å². The van der Waals surface area contributed by atoms with Gasteiger partial charge >= 0.3 is 0 Å². The molecule has 1 aliphatic rings. The van der Waals surface area contributed by atoms with E-state index in [1.165, 1.54) is 33.5 Å². The van der Waals surface area contributed by atoms with Crippen LogP contribution >= 0.6 is 0 Å². The van der Waals surface area contributed by atoms with Crippen molar-refractivity contribution in [1.29, 1.82) is 0 Å². The van der Waals surface area contributed by atoms with Crippen LogP contribution < -0.4 is 5.19 Å². The minimum absolute atomic E-state index is 0.0388. The van der Waals surface area contributed by atoms with Gasteiger partial charge in [0, 0.05) is 18.3 Å². The highest BCUT2D eigenvalue weighted by atomic mass is 28.4. The Hall–Kier alpha value is -2.75. The maximum Gasteiger partial charge on any atom is 0.230 e. The molecule has 0 radical (unpaired) electrons. The van der Waals surface area contributed by atoms with Crippen molar-refractivity contribution in [3.05, 3.63) is 108 Å². The van der Waals surface area contributed by atoms with E-state index in [0.29, 0.717) is 0 Å². The zero-order chi connectivity index (χ0) is 22.9. The summed E-state index contributed by atoms with van der Waals surface area (Å²) >= 11 is 0. The zero-order valence-corrected chi connectivity index (χ0v) is 20.9. The lowest BCUT2D eigenvalue weighted by Crippen LogP contribution is -2.61. The molecule has 2 nitrogen and oxygen atoms in total. The molecule has 2 heterocycles. The molecule has 0 bridgehead atoms. The molecule has 0 N–H and O–H groups in total. The summed E-state index contributed by atoms with van der Waals surface area (Å²) in [5, 5.41) is 4.12. The SMILES string of the molecule is CC(C)(C)[Si@@]1(O[C@@H](Cc2ccccn2)c2cccc3ccccc23)CCCc2ccccc21. The topological polar surface area (TPSA) is 22.1 Å². The highest BCUT2D eigenvalue weighted by molar-refractivity contribution is 6.89. The van der Waals surface area contributed by atoms with Crippen molar-refractivity contribution in [2.45, 2.75) is 57.2 Å². The van der Waals surface area contributed by atoms with Gasteiger partial charge in [0.1, 0.15) is 0 Å². The molecule has 0 aliphatic carbocycles. The molecule has 2 atom stereocenters. The molecular weight excluding hydrogens is 418 g/mol. The minimum atomic E-state index is -2.32. The lowest BCUT2D eigenvalue weighted by Gasteiger charge is -2.48. The first-order valence-corrected chi connectivity index (χ1v) is 14.2. The van der Waals surface area contributed by atoms with E-state index < -0.39 is 8.32 Å². The van der Waals surface area contributed by atoms with Crippen molar-refractivity contribution in [2.24, 2.45) is 0 Å². The summed E-state index contributed by atoms with van der Waals surface area (Å²) < 4.78 is 7.57. The minimum Gasteiger partial charge on any atom is -0.405 e. The predicted molar refractivity (Wildman–Crippen MR) is 140 cm³/mol. The summed E-state index contributed by atoms with van der Waals surface area (Å²) in [7, 11) is -2.32. The Balaban J connectivity index is 1.67. The second kappa shape index (κ2) is 8.89. The molecule has 0 saturated heterocycles. The number of aryl methyl sites for hydroxylation is 1. The number of hydrogen-bond acceptors (Lipinski definition) is 2. The number of fused-ring (bicyclic) bond motifs is 2. The maximum absolute atomic E-state index is 7.57. The van der Waals surface area contributed by atoms with Crippen LogP contribution in [-0.4, -0.2) is 13.3 Å². The van der Waals surface area contributed by atoms with Gasteiger partial charge in [-0.1, -0.05) is 93.6 Å². The molecule has 5 rings (SSSR count). The monoisotopic (exact) mass is 451 g/mol. The average molecular weight is 452 g/mol. The van der Waals surface area contributed by atoms with E-state index in [4.69, 9.17) is 4.43 Å². The van der Waals surface area contributed by atoms with Crippen molar-refractivity contribution in [2.75, 3.05) is 0 Å². The summed E-state index contributed by atoms with van der Waals surface area (Å²) in [4.78, 5) is 4.68. The normalized spacial score (nSPS) is 19.2. The van der Waals surface area contributed by atoms with Gasteiger partial charge in [0.05, 0.1) is 6.10 Å². The van der Waals surface area contributed by atoms with Gasteiger partial charge in [-0.15, -0.1) is 0 Å². The Morgan fingerprint density at radius 1 is 0.879 bits per heavy atom. The molecule has 0 saturated carbocycles. The number of pyridine rings is 1. The Labute approximate surface area is 198 Å². The summed E-state index contributed by atoms with van der Waals surface area (Å²) in [6.07, 6.45) is 4.99. The second-order valence-corrected chi connectivity index (χ2v) is 14.7. The van der Waals surface area contributed by atoms with Crippen LogP contribution in [0, 0.1) is 0 Å². The average Bonchev–Trinajstić information content (AvgIpc) is 2.83. The Bertz CT molecular complexity index is 1240. The molecule has 4 aromatic rings. The van der Waals surface area contributed by atoms with Crippen LogP contribution in [0.4, 0.5) is 0 Å². The second-order valence-electron chi connectivity index (χ2n) is 10.3. The predicted octanol–water partition coefficient (Wildman–Crippen LogP) is 7.13. The van der Waals surface area contributed by atoms with Crippen LogP contribution in [0.1, 0.15) is 50.1 Å². The standard InChI is InChI=1S/C30H33NOSi/c1-30(2,3)33(21-11-15-24-13-5-7-19-29(24)33)32-28(22-25-16-8-9-20-31-25)27-18-10-14-23-12-4-6-17-26(23)27/h4-10,12-14,16-20,28H,11,15,21-22H2,1-3H3/t28-,33+/m0/s1. The van der Waals surface area contributed by atoms with Crippen molar-refractivity contribution in [1.82, 2.24) is 4.98 Å². The summed E-state index contributed by atoms with van der Waals surface area (Å²) in [5.41, 5.74) is 3.84. The summed E-state index contributed by atoms with van der Waals surface area (Å²) in [6.45, 7) is 7.17. The molecule has 3 heteroatoms. The summed E-state index contributed by atoms with van der Waals surface area (Å²) in [5.74, 6) is 0. The molecule has 0 unspecified atom stereocenters. The molecule has 1 aliphatic heterocycles. The van der Waals surface area contributed by atoms with Gasteiger partial charge in [-0.3, -0.25) is 4.98 Å². The Kier molecular flexibility index (Phi) is 5.94. The quantitative estimate of drug-likeness (QED) is 0.301. The van der Waals surface area contributed by atoms with Crippen molar-refractivity contribution >= 4 is 24.3 Å². The van der Waals surface area contributed by atoms with E-state index in [0.717, 1.165) is 24.6 Å². The van der Waals surface area contributed by atoms with Gasteiger partial charge in [0.2, 0.25) is 8.32 Å². The number of nitrogens with zero attached hydrogens (tertiary/aromatic N) is 1. The van der Waals surface area contributed by atoms with E-state index in [2.05, 4.69) is 105 Å². The van der Waals surface area contributed by atoms with E-state index in [1.54, 1.807) is 0 Å². The first-order valence-electron chi connectivity index (χ1n) is 12.1. The molecule has 3 aromatic carbocycles. The lowest BCUT2D eigenvalue weighted by atomic mass is 9.98. The fourth-order valence-corrected chi connectivity index (χ4v) is 10.5. The van der Waals surface area contributed by atoms with Gasteiger partial charge < -0.3 is 4.43 Å². The molecule has 0 fully saturated rings. The third-order valence-electron chi connectivity index (χ3n) is 7.27. The van der Waals surface area contributed by atoms with Crippen molar-refractivity contribution in [3.8, 4) is 0 Å². The Morgan fingerprint density at radius 3 is 2.45 bits per heavy atom. The summed E-state index contributed by atoms with van der Waals surface area (Å²) in [6, 6.07) is 31.7. The molecule has 0 amide bonds. The van der Waals surface area contributed by atoms with Crippen LogP contribution in [0.25, 0.3) is 10.8 Å².